The van der Waals surface area contributed by atoms with E-state index in [1.165, 1.54) is 0 Å². The first-order valence-corrected chi connectivity index (χ1v) is 9.09. The smallest absolute Gasteiger partial charge is 0.390 e. The van der Waals surface area contributed by atoms with Crippen molar-refractivity contribution in [1.29, 1.82) is 5.26 Å². The Morgan fingerprint density at radius 1 is 1.29 bits per heavy atom. The van der Waals surface area contributed by atoms with Crippen molar-refractivity contribution >= 4 is 12.0 Å². The maximum Gasteiger partial charge on any atom is 0.413 e. The number of hydrogen-bond donors (Lipinski definition) is 2. The van der Waals surface area contributed by atoms with Gasteiger partial charge in [0.05, 0.1) is 5.56 Å². The fraction of sp³-hybridized carbons (Fsp3) is 0.333. The van der Waals surface area contributed by atoms with E-state index in [-0.39, 0.29) is 11.4 Å². The number of hydrogen-bond acceptors (Lipinski definition) is 5. The number of benzene rings is 1. The predicted octanol–water partition coefficient (Wildman–Crippen LogP) is 3.14. The molecule has 1 heterocycles. The van der Waals surface area contributed by atoms with Crippen LogP contribution in [0.15, 0.2) is 18.2 Å². The predicted molar refractivity (Wildman–Crippen MR) is 104 cm³/mol. The number of pyridine rings is 1. The zero-order valence-corrected chi connectivity index (χ0v) is 16.1. The summed E-state index contributed by atoms with van der Waals surface area (Å²) in [5, 5.41) is 12.3. The topological polar surface area (TPSA) is 118 Å². The highest BCUT2D eigenvalue weighted by Gasteiger charge is 2.26. The maximum atomic E-state index is 12.3. The number of nitrogens with one attached hydrogen (secondary N) is 1. The highest BCUT2D eigenvalue weighted by Crippen LogP contribution is 2.36. The van der Waals surface area contributed by atoms with Crippen molar-refractivity contribution in [2.24, 2.45) is 11.7 Å². The van der Waals surface area contributed by atoms with Crippen LogP contribution in [-0.4, -0.2) is 23.5 Å². The molecule has 3 rings (SSSR count). The first-order valence-electron chi connectivity index (χ1n) is 9.09. The summed E-state index contributed by atoms with van der Waals surface area (Å²) in [4.78, 5) is 28.6. The van der Waals surface area contributed by atoms with Crippen molar-refractivity contribution in [2.75, 3.05) is 6.54 Å². The lowest BCUT2D eigenvalue weighted by atomic mass is 9.89. The summed E-state index contributed by atoms with van der Waals surface area (Å²) in [6, 6.07) is 7.59. The minimum atomic E-state index is -0.780. The molecule has 0 unspecified atom stereocenters. The van der Waals surface area contributed by atoms with Crippen molar-refractivity contribution in [2.45, 2.75) is 33.6 Å². The molecule has 3 N–H and O–H groups in total. The van der Waals surface area contributed by atoms with E-state index in [4.69, 9.17) is 10.5 Å². The third-order valence-electron chi connectivity index (χ3n) is 4.79. The number of primary amides is 1. The summed E-state index contributed by atoms with van der Waals surface area (Å²) in [6.45, 7) is 5.92. The first-order chi connectivity index (χ1) is 13.3. The number of nitrogens with zero attached hydrogens (tertiary/aromatic N) is 2. The van der Waals surface area contributed by atoms with Crippen molar-refractivity contribution < 1.29 is 14.3 Å². The van der Waals surface area contributed by atoms with Crippen LogP contribution in [-0.2, 0) is 0 Å². The Morgan fingerprint density at radius 2 is 1.96 bits per heavy atom. The summed E-state index contributed by atoms with van der Waals surface area (Å²) >= 11 is 0. The number of nitriles is 1. The van der Waals surface area contributed by atoms with Crippen LogP contribution < -0.4 is 15.8 Å². The quantitative estimate of drug-likeness (QED) is 0.828. The van der Waals surface area contributed by atoms with Crippen LogP contribution in [0, 0.1) is 38.0 Å². The average Bonchev–Trinajstić information content (AvgIpc) is 3.45. The number of carbonyl (C=O) groups is 2. The van der Waals surface area contributed by atoms with Crippen LogP contribution in [0.25, 0.3) is 11.1 Å². The molecule has 1 aromatic heterocycles. The Kier molecular flexibility index (Phi) is 5.32. The van der Waals surface area contributed by atoms with Gasteiger partial charge in [-0.1, -0.05) is 12.1 Å². The molecule has 7 nitrogen and oxygen atoms in total. The molecule has 0 saturated heterocycles. The molecule has 2 aromatic rings. The number of aromatic nitrogens is 1. The Balaban J connectivity index is 2.11. The molecule has 0 radical (unpaired) electrons. The summed E-state index contributed by atoms with van der Waals surface area (Å²) in [5.41, 5.74) is 9.18. The summed E-state index contributed by atoms with van der Waals surface area (Å²) in [7, 11) is 0. The van der Waals surface area contributed by atoms with Crippen LogP contribution in [0.5, 0.6) is 5.88 Å². The van der Waals surface area contributed by atoms with Gasteiger partial charge in [0.2, 0.25) is 5.88 Å². The minimum Gasteiger partial charge on any atom is -0.390 e. The fourth-order valence-corrected chi connectivity index (χ4v) is 3.13. The van der Waals surface area contributed by atoms with E-state index < -0.39 is 12.0 Å². The first kappa shape index (κ1) is 19.4. The monoisotopic (exact) mass is 378 g/mol. The Morgan fingerprint density at radius 3 is 2.57 bits per heavy atom. The number of carbonyl (C=O) groups excluding carboxylic acids is 2. The van der Waals surface area contributed by atoms with E-state index in [1.807, 2.05) is 26.0 Å². The average molecular weight is 378 g/mol. The lowest BCUT2D eigenvalue weighted by Crippen LogP contribution is -2.30. The molecule has 28 heavy (non-hydrogen) atoms. The molecule has 0 bridgehead atoms. The molecule has 0 aliphatic heterocycles. The number of rotatable bonds is 5. The summed E-state index contributed by atoms with van der Waals surface area (Å²) < 4.78 is 5.33. The minimum absolute atomic E-state index is 0.0163. The van der Waals surface area contributed by atoms with E-state index in [2.05, 4.69) is 16.4 Å². The maximum absolute atomic E-state index is 12.3. The number of aryl methyl sites for hydroxylation is 3. The zero-order chi connectivity index (χ0) is 20.4. The van der Waals surface area contributed by atoms with Gasteiger partial charge in [0.15, 0.2) is 0 Å². The van der Waals surface area contributed by atoms with Crippen molar-refractivity contribution in [3.8, 4) is 23.1 Å². The van der Waals surface area contributed by atoms with E-state index in [0.717, 1.165) is 24.0 Å². The largest absolute Gasteiger partial charge is 0.413 e. The molecular formula is C21H22N4O3. The van der Waals surface area contributed by atoms with E-state index in [1.54, 1.807) is 13.0 Å². The molecule has 0 spiro atoms. The van der Waals surface area contributed by atoms with Crippen molar-refractivity contribution in [3.63, 3.8) is 0 Å². The second-order valence-electron chi connectivity index (χ2n) is 7.13. The van der Waals surface area contributed by atoms with E-state index >= 15 is 0 Å². The van der Waals surface area contributed by atoms with Crippen LogP contribution in [0.1, 0.15) is 45.6 Å². The van der Waals surface area contributed by atoms with Gasteiger partial charge in [-0.15, -0.1) is 0 Å². The molecular weight excluding hydrogens is 356 g/mol. The number of ether oxygens (including phenoxy) is 1. The van der Waals surface area contributed by atoms with Crippen LogP contribution >= 0.6 is 0 Å². The van der Waals surface area contributed by atoms with Gasteiger partial charge in [0, 0.05) is 23.4 Å². The lowest BCUT2D eigenvalue weighted by Gasteiger charge is -2.17. The number of nitrogens with two attached hydrogens (primary N) is 1. The second-order valence-corrected chi connectivity index (χ2v) is 7.13. The van der Waals surface area contributed by atoms with Gasteiger partial charge in [-0.05, 0) is 56.7 Å². The Bertz CT molecular complexity index is 1000. The fourth-order valence-electron chi connectivity index (χ4n) is 3.13. The highest BCUT2D eigenvalue weighted by molar-refractivity contribution is 6.03. The number of amides is 2. The zero-order valence-electron chi connectivity index (χ0n) is 16.1. The van der Waals surface area contributed by atoms with Crippen molar-refractivity contribution in [1.82, 2.24) is 10.3 Å². The molecule has 1 aliphatic carbocycles. The molecule has 1 aromatic carbocycles. The van der Waals surface area contributed by atoms with Crippen LogP contribution in [0.4, 0.5) is 4.79 Å². The third kappa shape index (κ3) is 3.96. The summed E-state index contributed by atoms with van der Waals surface area (Å²) in [6.07, 6.45) is 1.49. The molecule has 1 aliphatic rings. The lowest BCUT2D eigenvalue weighted by molar-refractivity contribution is 0.0998. The Hall–Kier alpha value is -3.40. The van der Waals surface area contributed by atoms with Gasteiger partial charge >= 0.3 is 6.09 Å². The van der Waals surface area contributed by atoms with Gasteiger partial charge in [0.25, 0.3) is 5.91 Å². The van der Waals surface area contributed by atoms with E-state index in [0.29, 0.717) is 34.8 Å². The second kappa shape index (κ2) is 7.69. The SMILES string of the molecule is Cc1cc(-c2c(C)ccc(C)c2C#N)c(C(N)=O)c(OC(=O)NCC2CC2)n1. The Labute approximate surface area is 163 Å². The van der Waals surface area contributed by atoms with Gasteiger partial charge in [-0.3, -0.25) is 4.79 Å². The van der Waals surface area contributed by atoms with Gasteiger partial charge in [-0.25, -0.2) is 9.78 Å². The van der Waals surface area contributed by atoms with Gasteiger partial charge in [0.1, 0.15) is 11.6 Å². The van der Waals surface area contributed by atoms with Gasteiger partial charge in [-0.2, -0.15) is 5.26 Å². The van der Waals surface area contributed by atoms with Gasteiger partial charge < -0.3 is 15.8 Å². The summed E-state index contributed by atoms with van der Waals surface area (Å²) in [5.74, 6) is -0.449. The standard InChI is InChI=1S/C21H22N4O3/c1-11-4-5-12(2)17(16(11)9-22)15-8-13(3)25-20(18(15)19(23)26)28-21(27)24-10-14-6-7-14/h4-5,8,14H,6-7,10H2,1-3H3,(H2,23,26)(H,24,27). The molecule has 0 atom stereocenters. The highest BCUT2D eigenvalue weighted by atomic mass is 16.6. The molecule has 7 heteroatoms. The molecule has 1 fully saturated rings. The molecule has 2 amide bonds. The molecule has 1 saturated carbocycles. The normalized spacial score (nSPS) is 12.9. The van der Waals surface area contributed by atoms with Crippen LogP contribution in [0.2, 0.25) is 0 Å². The third-order valence-corrected chi connectivity index (χ3v) is 4.79. The molecule has 144 valence electrons. The van der Waals surface area contributed by atoms with Crippen molar-refractivity contribution in [3.05, 3.63) is 46.1 Å². The van der Waals surface area contributed by atoms with Crippen LogP contribution in [0.3, 0.4) is 0 Å². The van der Waals surface area contributed by atoms with E-state index in [9.17, 15) is 14.9 Å².